The number of likely N-dealkylation sites (N-methyl/N-ethyl adjacent to an activating group) is 2. The van der Waals surface area contributed by atoms with Crippen LogP contribution in [0.4, 0.5) is 5.69 Å². The van der Waals surface area contributed by atoms with Gasteiger partial charge in [0.2, 0.25) is 0 Å². The zero-order chi connectivity index (χ0) is 13.1. The third-order valence-corrected chi connectivity index (χ3v) is 5.18. The highest BCUT2D eigenvalue weighted by Gasteiger charge is 2.52. The van der Waals surface area contributed by atoms with Gasteiger partial charge in [0.1, 0.15) is 5.75 Å². The van der Waals surface area contributed by atoms with Gasteiger partial charge in [0.15, 0.2) is 0 Å². The lowest BCUT2D eigenvalue weighted by atomic mass is 9.81. The third kappa shape index (κ3) is 1.93. The summed E-state index contributed by atoms with van der Waals surface area (Å²) >= 11 is 3.69. The molecule has 0 aromatic heterocycles. The molecule has 0 bridgehead atoms. The van der Waals surface area contributed by atoms with Gasteiger partial charge in [-0.25, -0.2) is 0 Å². The fourth-order valence-corrected chi connectivity index (χ4v) is 4.47. The molecule has 2 aliphatic rings. The van der Waals surface area contributed by atoms with Crippen molar-refractivity contribution in [2.45, 2.75) is 24.9 Å². The van der Waals surface area contributed by atoms with E-state index in [4.69, 9.17) is 4.74 Å². The summed E-state index contributed by atoms with van der Waals surface area (Å²) in [5, 5.41) is 0. The first-order valence-corrected chi connectivity index (χ1v) is 7.09. The summed E-state index contributed by atoms with van der Waals surface area (Å²) in [6.07, 6.45) is 1.65. The Kier molecular flexibility index (Phi) is 3.93. The number of nitrogens with zero attached hydrogens (tertiary/aromatic N) is 2. The van der Waals surface area contributed by atoms with Crippen molar-refractivity contribution in [3.05, 3.63) is 22.2 Å². The van der Waals surface area contributed by atoms with E-state index in [9.17, 15) is 0 Å². The number of likely N-dealkylation sites (tertiary alicyclic amines) is 1. The topological polar surface area (TPSA) is 15.7 Å². The van der Waals surface area contributed by atoms with Crippen LogP contribution in [0.2, 0.25) is 0 Å². The number of anilines is 1. The zero-order valence-electron chi connectivity index (χ0n) is 11.7. The third-order valence-electron chi connectivity index (χ3n) is 4.58. The number of benzene rings is 1. The molecule has 0 saturated carbocycles. The van der Waals surface area contributed by atoms with Crippen molar-refractivity contribution < 1.29 is 4.74 Å². The van der Waals surface area contributed by atoms with Crippen LogP contribution in [0.1, 0.15) is 18.9 Å². The van der Waals surface area contributed by atoms with Gasteiger partial charge in [0, 0.05) is 23.5 Å². The first kappa shape index (κ1) is 15.1. The van der Waals surface area contributed by atoms with E-state index in [0.717, 1.165) is 16.8 Å². The van der Waals surface area contributed by atoms with Crippen LogP contribution >= 0.6 is 32.9 Å². The molecule has 1 aromatic rings. The van der Waals surface area contributed by atoms with E-state index >= 15 is 0 Å². The molecule has 1 fully saturated rings. The van der Waals surface area contributed by atoms with Gasteiger partial charge < -0.3 is 9.64 Å². The monoisotopic (exact) mass is 390 g/mol. The second-order valence-electron chi connectivity index (χ2n) is 5.64. The summed E-state index contributed by atoms with van der Waals surface area (Å²) in [4.78, 5) is 4.84. The van der Waals surface area contributed by atoms with Crippen LogP contribution in [-0.4, -0.2) is 38.8 Å². The summed E-state index contributed by atoms with van der Waals surface area (Å²) in [6.45, 7) is 3.52. The Bertz CT molecular complexity index is 508. The van der Waals surface area contributed by atoms with E-state index in [1.165, 1.54) is 17.7 Å². The highest BCUT2D eigenvalue weighted by molar-refractivity contribution is 9.10. The maximum absolute atomic E-state index is 5.41. The van der Waals surface area contributed by atoms with E-state index in [1.54, 1.807) is 7.11 Å². The molecule has 0 aliphatic carbocycles. The van der Waals surface area contributed by atoms with Gasteiger partial charge in [0.25, 0.3) is 0 Å². The predicted molar refractivity (Wildman–Crippen MR) is 87.8 cm³/mol. The Labute approximate surface area is 133 Å². The Morgan fingerprint density at radius 3 is 2.68 bits per heavy atom. The van der Waals surface area contributed by atoms with E-state index in [2.05, 4.69) is 58.9 Å². The number of rotatable bonds is 1. The van der Waals surface area contributed by atoms with Crippen LogP contribution in [0.15, 0.2) is 16.6 Å². The van der Waals surface area contributed by atoms with Gasteiger partial charge in [-0.05, 0) is 47.1 Å². The van der Waals surface area contributed by atoms with E-state index in [-0.39, 0.29) is 22.4 Å². The van der Waals surface area contributed by atoms with E-state index < -0.39 is 0 Å². The molecule has 106 valence electrons. The van der Waals surface area contributed by atoms with Crippen LogP contribution in [-0.2, 0) is 5.41 Å². The molecule has 0 N–H and O–H groups in total. The molecule has 2 atom stereocenters. The number of ether oxygens (including phenoxy) is 1. The first-order valence-electron chi connectivity index (χ1n) is 6.30. The molecule has 1 aromatic carbocycles. The zero-order valence-corrected chi connectivity index (χ0v) is 15.0. The minimum atomic E-state index is 0. The Balaban J connectivity index is 0.00000133. The van der Waals surface area contributed by atoms with Gasteiger partial charge >= 0.3 is 0 Å². The smallest absolute Gasteiger partial charge is 0.120 e. The highest BCUT2D eigenvalue weighted by Crippen LogP contribution is 2.54. The lowest BCUT2D eigenvalue weighted by Crippen LogP contribution is -2.45. The van der Waals surface area contributed by atoms with Crippen molar-refractivity contribution in [1.29, 1.82) is 0 Å². The Morgan fingerprint density at radius 2 is 2.05 bits per heavy atom. The number of hydrogen-bond donors (Lipinski definition) is 0. The van der Waals surface area contributed by atoms with Crippen LogP contribution in [0.3, 0.4) is 0 Å². The lowest BCUT2D eigenvalue weighted by molar-refractivity contribution is 0.268. The van der Waals surface area contributed by atoms with Gasteiger partial charge in [-0.1, -0.05) is 6.92 Å². The predicted octanol–water partition coefficient (Wildman–Crippen LogP) is 3.40. The summed E-state index contributed by atoms with van der Waals surface area (Å²) in [5.74, 6) is 0.936. The van der Waals surface area contributed by atoms with E-state index in [1.807, 2.05) is 0 Å². The standard InChI is InChI=1S/C14H19BrN2O.BrH/c1-14-5-6-16(2)13(14)17(3)12-10(14)7-9(18-4)8-11(12)15;/h7-8,13H,5-6H2,1-4H3;1H. The molecular formula is C14H20Br2N2O. The quantitative estimate of drug-likeness (QED) is 0.729. The van der Waals surface area contributed by atoms with Crippen molar-refractivity contribution in [3.63, 3.8) is 0 Å². The average molecular weight is 392 g/mol. The van der Waals surface area contributed by atoms with Crippen molar-refractivity contribution >= 4 is 38.6 Å². The molecule has 1 saturated heterocycles. The average Bonchev–Trinajstić information content (AvgIpc) is 2.75. The van der Waals surface area contributed by atoms with Crippen LogP contribution in [0.5, 0.6) is 5.75 Å². The summed E-state index contributed by atoms with van der Waals surface area (Å²) in [6, 6.07) is 4.26. The van der Waals surface area contributed by atoms with Gasteiger partial charge in [-0.3, -0.25) is 4.90 Å². The molecule has 0 radical (unpaired) electrons. The molecular weight excluding hydrogens is 372 g/mol. The fourth-order valence-electron chi connectivity index (χ4n) is 3.75. The fraction of sp³-hybridized carbons (Fsp3) is 0.571. The van der Waals surface area contributed by atoms with Gasteiger partial charge in [0.05, 0.1) is 19.0 Å². The second-order valence-corrected chi connectivity index (χ2v) is 6.49. The molecule has 5 heteroatoms. The molecule has 2 heterocycles. The number of methoxy groups -OCH3 is 1. The van der Waals surface area contributed by atoms with Gasteiger partial charge in [-0.2, -0.15) is 0 Å². The summed E-state index contributed by atoms with van der Waals surface area (Å²) in [7, 11) is 6.13. The van der Waals surface area contributed by atoms with Crippen LogP contribution in [0, 0.1) is 0 Å². The molecule has 19 heavy (non-hydrogen) atoms. The summed E-state index contributed by atoms with van der Waals surface area (Å²) in [5.41, 5.74) is 2.93. The second kappa shape index (κ2) is 4.93. The first-order chi connectivity index (χ1) is 8.49. The maximum Gasteiger partial charge on any atom is 0.120 e. The number of hydrogen-bond acceptors (Lipinski definition) is 3. The molecule has 0 amide bonds. The SMILES string of the molecule is Br.COc1cc(Br)c2c(c1)C1(C)CCN(C)C1N2C. The molecule has 3 rings (SSSR count). The highest BCUT2D eigenvalue weighted by atomic mass is 79.9. The maximum atomic E-state index is 5.41. The normalized spacial score (nSPS) is 28.9. The Hall–Kier alpha value is -0.260. The van der Waals surface area contributed by atoms with E-state index in [0.29, 0.717) is 6.17 Å². The van der Waals surface area contributed by atoms with Gasteiger partial charge in [-0.15, -0.1) is 17.0 Å². The number of halogens is 2. The largest absolute Gasteiger partial charge is 0.497 e. The van der Waals surface area contributed by atoms with Crippen LogP contribution < -0.4 is 9.64 Å². The van der Waals surface area contributed by atoms with Crippen molar-refractivity contribution in [3.8, 4) is 5.75 Å². The molecule has 0 spiro atoms. The van der Waals surface area contributed by atoms with Crippen molar-refractivity contribution in [2.24, 2.45) is 0 Å². The molecule has 3 nitrogen and oxygen atoms in total. The number of fused-ring (bicyclic) bond motifs is 3. The lowest BCUT2D eigenvalue weighted by Gasteiger charge is -2.32. The van der Waals surface area contributed by atoms with Crippen molar-refractivity contribution in [1.82, 2.24) is 4.90 Å². The van der Waals surface area contributed by atoms with Crippen LogP contribution in [0.25, 0.3) is 0 Å². The minimum Gasteiger partial charge on any atom is -0.497 e. The minimum absolute atomic E-state index is 0. The summed E-state index contributed by atoms with van der Waals surface area (Å²) < 4.78 is 6.54. The Morgan fingerprint density at radius 1 is 1.37 bits per heavy atom. The molecule has 2 aliphatic heterocycles. The molecule has 2 unspecified atom stereocenters. The van der Waals surface area contributed by atoms with Crippen molar-refractivity contribution in [2.75, 3.05) is 32.6 Å².